The number of ether oxygens (including phenoxy) is 1. The third-order valence-electron chi connectivity index (χ3n) is 3.24. The highest BCUT2D eigenvalue weighted by molar-refractivity contribution is 7.91. The number of nitrogens with one attached hydrogen (secondary N) is 1. The minimum absolute atomic E-state index is 0.108. The van der Waals surface area contributed by atoms with E-state index >= 15 is 0 Å². The van der Waals surface area contributed by atoms with Crippen LogP contribution in [0.3, 0.4) is 0 Å². The van der Waals surface area contributed by atoms with Gasteiger partial charge in [0.05, 0.1) is 29.7 Å². The molecule has 8 heteroatoms. The van der Waals surface area contributed by atoms with E-state index in [2.05, 4.69) is 4.72 Å². The number of aliphatic hydroxyl groups excluding tert-OH is 1. The molecule has 0 spiro atoms. The summed E-state index contributed by atoms with van der Waals surface area (Å²) in [7, 11) is -3.73. The highest BCUT2D eigenvalue weighted by Crippen LogP contribution is 2.25. The summed E-state index contributed by atoms with van der Waals surface area (Å²) in [5.41, 5.74) is 0.976. The molecular weight excluding hydrogens is 358 g/mol. The maximum atomic E-state index is 12.3. The number of halogens is 1. The molecule has 0 saturated carbocycles. The Bertz CT molecular complexity index is 718. The quantitative estimate of drug-likeness (QED) is 0.743. The molecule has 2 aromatic rings. The van der Waals surface area contributed by atoms with Crippen LogP contribution in [-0.2, 0) is 21.4 Å². The van der Waals surface area contributed by atoms with Gasteiger partial charge in [-0.3, -0.25) is 0 Å². The highest BCUT2D eigenvalue weighted by Gasteiger charge is 2.25. The summed E-state index contributed by atoms with van der Waals surface area (Å²) in [6, 6.07) is 11.7. The van der Waals surface area contributed by atoms with E-state index in [9.17, 15) is 13.5 Å². The molecule has 0 aliphatic carbocycles. The number of hydrogen-bond donors (Lipinski definition) is 2. The number of benzene rings is 1. The van der Waals surface area contributed by atoms with E-state index in [0.29, 0.717) is 10.9 Å². The van der Waals surface area contributed by atoms with Crippen LogP contribution < -0.4 is 4.72 Å². The lowest BCUT2D eigenvalue weighted by molar-refractivity contribution is 0.0180. The lowest BCUT2D eigenvalue weighted by Crippen LogP contribution is -2.45. The number of sulfonamides is 1. The van der Waals surface area contributed by atoms with Crippen LogP contribution in [-0.4, -0.2) is 32.3 Å². The van der Waals surface area contributed by atoms with Gasteiger partial charge in [-0.2, -0.15) is 0 Å². The van der Waals surface area contributed by atoms with Crippen molar-refractivity contribution in [1.29, 1.82) is 0 Å². The van der Waals surface area contributed by atoms with Crippen LogP contribution in [0.15, 0.2) is 46.7 Å². The van der Waals surface area contributed by atoms with Crippen molar-refractivity contribution in [2.45, 2.75) is 29.9 Å². The fraction of sp³-hybridized carbons (Fsp3) is 0.333. The molecule has 0 aliphatic rings. The largest absolute Gasteiger partial charge is 0.395 e. The number of thiophene rings is 1. The zero-order chi connectivity index (χ0) is 16.9. The van der Waals surface area contributed by atoms with Crippen molar-refractivity contribution in [3.63, 3.8) is 0 Å². The Balaban J connectivity index is 1.98. The summed E-state index contributed by atoms with van der Waals surface area (Å²) in [5.74, 6) is 0. The summed E-state index contributed by atoms with van der Waals surface area (Å²) >= 11 is 6.73. The van der Waals surface area contributed by atoms with Gasteiger partial charge in [0.1, 0.15) is 4.21 Å². The van der Waals surface area contributed by atoms with Gasteiger partial charge >= 0.3 is 0 Å². The molecule has 126 valence electrons. The number of hydrogen-bond acceptors (Lipinski definition) is 5. The van der Waals surface area contributed by atoms with Crippen LogP contribution in [0.2, 0.25) is 4.34 Å². The van der Waals surface area contributed by atoms with E-state index in [4.69, 9.17) is 16.3 Å². The zero-order valence-electron chi connectivity index (χ0n) is 12.5. The molecule has 2 rings (SSSR count). The maximum absolute atomic E-state index is 12.3. The second-order valence-electron chi connectivity index (χ2n) is 4.97. The molecule has 1 aromatic heterocycles. The fourth-order valence-electron chi connectivity index (χ4n) is 1.90. The monoisotopic (exact) mass is 375 g/mol. The minimum Gasteiger partial charge on any atom is -0.395 e. The lowest BCUT2D eigenvalue weighted by Gasteiger charge is -2.23. The molecule has 0 aliphatic heterocycles. The van der Waals surface area contributed by atoms with E-state index < -0.39 is 22.2 Å². The topological polar surface area (TPSA) is 75.6 Å². The summed E-state index contributed by atoms with van der Waals surface area (Å²) < 4.78 is 33.1. The van der Waals surface area contributed by atoms with Gasteiger partial charge in [0.2, 0.25) is 0 Å². The van der Waals surface area contributed by atoms with Gasteiger partial charge in [0.15, 0.2) is 0 Å². The molecule has 0 fully saturated rings. The summed E-state index contributed by atoms with van der Waals surface area (Å²) in [6.07, 6.45) is -0.495. The molecule has 0 bridgehead atoms. The van der Waals surface area contributed by atoms with Gasteiger partial charge < -0.3 is 9.84 Å². The average molecular weight is 376 g/mol. The molecular formula is C15H18ClNO4S2. The average Bonchev–Trinajstić information content (AvgIpc) is 2.99. The van der Waals surface area contributed by atoms with Gasteiger partial charge in [-0.1, -0.05) is 41.9 Å². The van der Waals surface area contributed by atoms with Crippen molar-refractivity contribution < 1.29 is 18.3 Å². The van der Waals surface area contributed by atoms with E-state index in [-0.39, 0.29) is 10.8 Å². The van der Waals surface area contributed by atoms with E-state index in [1.165, 1.54) is 12.1 Å². The van der Waals surface area contributed by atoms with Crippen molar-refractivity contribution >= 4 is 33.0 Å². The Morgan fingerprint density at radius 1 is 1.26 bits per heavy atom. The Morgan fingerprint density at radius 2 is 1.96 bits per heavy atom. The van der Waals surface area contributed by atoms with Crippen molar-refractivity contribution in [1.82, 2.24) is 4.72 Å². The molecule has 0 saturated heterocycles. The normalized spacial score (nSPS) is 14.6. The second kappa shape index (κ2) is 8.23. The molecule has 23 heavy (non-hydrogen) atoms. The minimum atomic E-state index is -3.73. The first-order chi connectivity index (χ1) is 10.9. The van der Waals surface area contributed by atoms with E-state index in [1.54, 1.807) is 6.92 Å². The Labute approximate surface area is 144 Å². The third kappa shape index (κ3) is 5.27. The molecule has 2 atom stereocenters. The van der Waals surface area contributed by atoms with Gasteiger partial charge in [0, 0.05) is 0 Å². The van der Waals surface area contributed by atoms with Crippen LogP contribution in [0.5, 0.6) is 0 Å². The SMILES string of the molecule is C[C@@H](OCc1ccccc1)[C@H](CO)NS(=O)(=O)c1ccc(Cl)s1. The first-order valence-corrected chi connectivity index (χ1v) is 9.64. The summed E-state index contributed by atoms with van der Waals surface area (Å²) in [4.78, 5) is 0. The van der Waals surface area contributed by atoms with Crippen molar-refractivity contribution in [3.05, 3.63) is 52.4 Å². The summed E-state index contributed by atoms with van der Waals surface area (Å²) in [5, 5.41) is 9.48. The van der Waals surface area contributed by atoms with Crippen molar-refractivity contribution in [3.8, 4) is 0 Å². The Kier molecular flexibility index (Phi) is 6.58. The first-order valence-electron chi connectivity index (χ1n) is 6.96. The van der Waals surface area contributed by atoms with Crippen LogP contribution in [0.4, 0.5) is 0 Å². The van der Waals surface area contributed by atoms with Crippen molar-refractivity contribution in [2.75, 3.05) is 6.61 Å². The number of aliphatic hydroxyl groups is 1. The molecule has 0 amide bonds. The zero-order valence-corrected chi connectivity index (χ0v) is 14.9. The molecule has 0 unspecified atom stereocenters. The third-order valence-corrected chi connectivity index (χ3v) is 6.45. The molecule has 2 N–H and O–H groups in total. The smallest absolute Gasteiger partial charge is 0.250 e. The second-order valence-corrected chi connectivity index (χ2v) is 8.63. The molecule has 1 aromatic carbocycles. The lowest BCUT2D eigenvalue weighted by atomic mass is 10.2. The first kappa shape index (κ1) is 18.4. The fourth-order valence-corrected chi connectivity index (χ4v) is 4.69. The van der Waals surface area contributed by atoms with Gasteiger partial charge in [-0.15, -0.1) is 11.3 Å². The van der Waals surface area contributed by atoms with Gasteiger partial charge in [-0.05, 0) is 24.6 Å². The van der Waals surface area contributed by atoms with Crippen LogP contribution in [0.25, 0.3) is 0 Å². The predicted molar refractivity (Wildman–Crippen MR) is 91.2 cm³/mol. The van der Waals surface area contributed by atoms with Crippen molar-refractivity contribution in [2.24, 2.45) is 0 Å². The van der Waals surface area contributed by atoms with Gasteiger partial charge in [-0.25, -0.2) is 13.1 Å². The standard InChI is InChI=1S/C15H18ClNO4S2/c1-11(21-10-12-5-3-2-4-6-12)13(9-18)17-23(19,20)15-8-7-14(16)22-15/h2-8,11,13,17-18H,9-10H2,1H3/t11-,13+/m1/s1. The predicted octanol–water partition coefficient (Wildman–Crippen LogP) is 2.65. The number of rotatable bonds is 8. The summed E-state index contributed by atoms with van der Waals surface area (Å²) in [6.45, 7) is 1.69. The van der Waals surface area contributed by atoms with Crippen LogP contribution in [0, 0.1) is 0 Å². The Morgan fingerprint density at radius 3 is 2.52 bits per heavy atom. The molecule has 0 radical (unpaired) electrons. The van der Waals surface area contributed by atoms with Gasteiger partial charge in [0.25, 0.3) is 10.0 Å². The highest BCUT2D eigenvalue weighted by atomic mass is 35.5. The van der Waals surface area contributed by atoms with Crippen LogP contribution >= 0.6 is 22.9 Å². The van der Waals surface area contributed by atoms with E-state index in [0.717, 1.165) is 16.9 Å². The maximum Gasteiger partial charge on any atom is 0.250 e. The molecule has 1 heterocycles. The molecule has 5 nitrogen and oxygen atoms in total. The Hall–Kier alpha value is -0.960. The van der Waals surface area contributed by atoms with Crippen LogP contribution in [0.1, 0.15) is 12.5 Å². The van der Waals surface area contributed by atoms with E-state index in [1.807, 2.05) is 30.3 Å².